The molecule has 3 aromatic heterocycles. The van der Waals surface area contributed by atoms with Crippen LogP contribution in [0, 0.1) is 0 Å². The minimum Gasteiger partial charge on any atom is -0.439 e. The van der Waals surface area contributed by atoms with Gasteiger partial charge in [0.2, 0.25) is 5.88 Å². The molecule has 4 nitrogen and oxygen atoms in total. The minimum absolute atomic E-state index is 0.552. The third kappa shape index (κ3) is 3.89. The van der Waals surface area contributed by atoms with Gasteiger partial charge in [0.25, 0.3) is 0 Å². The maximum atomic E-state index is 6.31. The highest BCUT2D eigenvalue weighted by Gasteiger charge is 2.17. The van der Waals surface area contributed by atoms with Crippen molar-refractivity contribution in [1.82, 2.24) is 14.5 Å². The first-order valence-electron chi connectivity index (χ1n) is 12.6. The van der Waals surface area contributed by atoms with Gasteiger partial charge < -0.3 is 4.74 Å². The van der Waals surface area contributed by atoms with Crippen molar-refractivity contribution in [2.75, 3.05) is 0 Å². The molecule has 7 rings (SSSR count). The maximum Gasteiger partial charge on any atom is 0.219 e. The molecule has 0 spiro atoms. The zero-order chi connectivity index (χ0) is 25.3. The monoisotopic (exact) mass is 489 g/mol. The molecule has 0 fully saturated rings. The molecule has 4 heteroatoms. The van der Waals surface area contributed by atoms with E-state index in [0.717, 1.165) is 50.4 Å². The average molecular weight is 490 g/mol. The lowest BCUT2D eigenvalue weighted by atomic mass is 10.1. The van der Waals surface area contributed by atoms with Gasteiger partial charge in [-0.25, -0.2) is 9.97 Å². The molecular weight excluding hydrogens is 466 g/mol. The lowest BCUT2D eigenvalue weighted by Crippen LogP contribution is -2.00. The van der Waals surface area contributed by atoms with Gasteiger partial charge in [-0.1, -0.05) is 84.9 Å². The fourth-order valence-electron chi connectivity index (χ4n) is 5.02. The molecule has 0 aliphatic heterocycles. The lowest BCUT2D eigenvalue weighted by molar-refractivity contribution is 0.464. The van der Waals surface area contributed by atoms with E-state index < -0.39 is 0 Å². The summed E-state index contributed by atoms with van der Waals surface area (Å²) < 4.78 is 8.54. The minimum atomic E-state index is 0.552. The zero-order valence-corrected chi connectivity index (χ0v) is 20.5. The quantitative estimate of drug-likeness (QED) is 0.243. The highest BCUT2D eigenvalue weighted by molar-refractivity contribution is 6.09. The van der Waals surface area contributed by atoms with Crippen molar-refractivity contribution >= 4 is 21.8 Å². The van der Waals surface area contributed by atoms with E-state index in [1.54, 1.807) is 0 Å². The Morgan fingerprint density at radius 2 is 1.29 bits per heavy atom. The van der Waals surface area contributed by atoms with Gasteiger partial charge in [0.1, 0.15) is 11.6 Å². The van der Waals surface area contributed by atoms with E-state index in [0.29, 0.717) is 5.88 Å². The second-order valence-corrected chi connectivity index (χ2v) is 9.10. The van der Waals surface area contributed by atoms with E-state index in [2.05, 4.69) is 71.3 Å². The van der Waals surface area contributed by atoms with Crippen LogP contribution in [-0.2, 0) is 0 Å². The highest BCUT2D eigenvalue weighted by atomic mass is 16.5. The van der Waals surface area contributed by atoms with Crippen molar-refractivity contribution in [3.63, 3.8) is 0 Å². The summed E-state index contributed by atoms with van der Waals surface area (Å²) in [5.74, 6) is 2.15. The fourth-order valence-corrected chi connectivity index (χ4v) is 5.02. The van der Waals surface area contributed by atoms with Crippen LogP contribution in [0.15, 0.2) is 140 Å². The number of hydrogen-bond acceptors (Lipinski definition) is 3. The molecule has 0 atom stereocenters. The van der Waals surface area contributed by atoms with Crippen LogP contribution in [0.1, 0.15) is 0 Å². The predicted octanol–water partition coefficient (Wildman–Crippen LogP) is 8.70. The molecule has 0 amide bonds. The standard InChI is InChI=1S/C34H23N3O/c1-3-11-24(12-4-1)27-16-10-22-35-34(27)37-31-18-8-7-15-28(31)29-21-20-26(23-32(29)37)38-33-19-9-17-30(36-33)25-13-5-2-6-14-25/h1-23H. The SMILES string of the molecule is c1ccc(-c2cccc(Oc3ccc4c5ccccc5n(-c5ncccc5-c5ccccc5)c4c3)n2)cc1. The number of nitrogens with zero attached hydrogens (tertiary/aromatic N) is 3. The summed E-state index contributed by atoms with van der Waals surface area (Å²) in [4.78, 5) is 9.62. The molecule has 180 valence electrons. The van der Waals surface area contributed by atoms with Crippen LogP contribution in [-0.4, -0.2) is 14.5 Å². The van der Waals surface area contributed by atoms with Gasteiger partial charge in [-0.15, -0.1) is 0 Å². The normalized spacial score (nSPS) is 11.2. The van der Waals surface area contributed by atoms with E-state index in [1.165, 1.54) is 5.39 Å². The van der Waals surface area contributed by atoms with Crippen molar-refractivity contribution in [2.24, 2.45) is 0 Å². The number of para-hydroxylation sites is 1. The summed E-state index contributed by atoms with van der Waals surface area (Å²) in [5.41, 5.74) is 6.24. The Morgan fingerprint density at radius 1 is 0.553 bits per heavy atom. The number of rotatable bonds is 5. The van der Waals surface area contributed by atoms with Crippen molar-refractivity contribution in [1.29, 1.82) is 0 Å². The van der Waals surface area contributed by atoms with Gasteiger partial charge >= 0.3 is 0 Å². The second kappa shape index (κ2) is 9.34. The third-order valence-electron chi connectivity index (χ3n) is 6.74. The molecule has 38 heavy (non-hydrogen) atoms. The molecular formula is C34H23N3O. The second-order valence-electron chi connectivity index (χ2n) is 9.10. The molecule has 0 aliphatic carbocycles. The topological polar surface area (TPSA) is 39.9 Å². The van der Waals surface area contributed by atoms with Crippen LogP contribution in [0.5, 0.6) is 11.6 Å². The summed E-state index contributed by atoms with van der Waals surface area (Å²) in [5, 5.41) is 2.31. The van der Waals surface area contributed by atoms with Gasteiger partial charge in [-0.3, -0.25) is 4.57 Å². The molecule has 0 aliphatic rings. The van der Waals surface area contributed by atoms with E-state index >= 15 is 0 Å². The number of benzene rings is 4. The number of hydrogen-bond donors (Lipinski definition) is 0. The number of ether oxygens (including phenoxy) is 1. The largest absolute Gasteiger partial charge is 0.439 e. The predicted molar refractivity (Wildman–Crippen MR) is 154 cm³/mol. The number of aromatic nitrogens is 3. The molecule has 0 N–H and O–H groups in total. The maximum absolute atomic E-state index is 6.31. The first-order chi connectivity index (χ1) is 18.8. The van der Waals surface area contributed by atoms with Crippen molar-refractivity contribution in [3.8, 4) is 39.8 Å². The molecule has 0 bridgehead atoms. The Kier molecular flexibility index (Phi) is 5.41. The Morgan fingerprint density at radius 3 is 2.13 bits per heavy atom. The smallest absolute Gasteiger partial charge is 0.219 e. The Labute approximate surface area is 220 Å². The van der Waals surface area contributed by atoms with Gasteiger partial charge in [-0.2, -0.15) is 0 Å². The van der Waals surface area contributed by atoms with Crippen LogP contribution < -0.4 is 4.74 Å². The summed E-state index contributed by atoms with van der Waals surface area (Å²) in [6, 6.07) is 45.1. The van der Waals surface area contributed by atoms with Crippen molar-refractivity contribution in [2.45, 2.75) is 0 Å². The first kappa shape index (κ1) is 22.0. The van der Waals surface area contributed by atoms with E-state index in [9.17, 15) is 0 Å². The van der Waals surface area contributed by atoms with Gasteiger partial charge in [0.15, 0.2) is 0 Å². The summed E-state index contributed by atoms with van der Waals surface area (Å²) in [6.07, 6.45) is 1.85. The highest BCUT2D eigenvalue weighted by Crippen LogP contribution is 2.37. The van der Waals surface area contributed by atoms with E-state index in [1.807, 2.05) is 72.9 Å². The Balaban J connectivity index is 1.38. The van der Waals surface area contributed by atoms with Crippen molar-refractivity contribution < 1.29 is 4.74 Å². The van der Waals surface area contributed by atoms with Gasteiger partial charge in [0, 0.05) is 40.2 Å². The van der Waals surface area contributed by atoms with Crippen LogP contribution in [0.3, 0.4) is 0 Å². The Bertz CT molecular complexity index is 1890. The van der Waals surface area contributed by atoms with Crippen molar-refractivity contribution in [3.05, 3.63) is 140 Å². The van der Waals surface area contributed by atoms with Crippen LogP contribution in [0.4, 0.5) is 0 Å². The molecule has 0 radical (unpaired) electrons. The third-order valence-corrected chi connectivity index (χ3v) is 6.74. The van der Waals surface area contributed by atoms with E-state index in [4.69, 9.17) is 14.7 Å². The fraction of sp³-hybridized carbons (Fsp3) is 0. The molecule has 0 saturated heterocycles. The lowest BCUT2D eigenvalue weighted by Gasteiger charge is -2.13. The number of pyridine rings is 2. The van der Waals surface area contributed by atoms with Gasteiger partial charge in [0.05, 0.1) is 16.7 Å². The zero-order valence-electron chi connectivity index (χ0n) is 20.5. The van der Waals surface area contributed by atoms with E-state index in [-0.39, 0.29) is 0 Å². The average Bonchev–Trinajstić information content (AvgIpc) is 3.32. The molecule has 0 unspecified atom stereocenters. The Hall–Kier alpha value is -5.22. The summed E-state index contributed by atoms with van der Waals surface area (Å²) in [6.45, 7) is 0. The molecule has 3 heterocycles. The summed E-state index contributed by atoms with van der Waals surface area (Å²) in [7, 11) is 0. The first-order valence-corrected chi connectivity index (χ1v) is 12.6. The molecule has 4 aromatic carbocycles. The van der Waals surface area contributed by atoms with Crippen LogP contribution in [0.25, 0.3) is 50.0 Å². The van der Waals surface area contributed by atoms with Gasteiger partial charge in [-0.05, 0) is 42.0 Å². The van der Waals surface area contributed by atoms with Crippen LogP contribution >= 0.6 is 0 Å². The van der Waals surface area contributed by atoms with Crippen LogP contribution in [0.2, 0.25) is 0 Å². The number of fused-ring (bicyclic) bond motifs is 3. The molecule has 7 aromatic rings. The summed E-state index contributed by atoms with van der Waals surface area (Å²) >= 11 is 0. The molecule has 0 saturated carbocycles.